The van der Waals surface area contributed by atoms with E-state index in [4.69, 9.17) is 14.7 Å². The van der Waals surface area contributed by atoms with E-state index in [0.717, 1.165) is 21.0 Å². The molecule has 0 N–H and O–H groups in total. The van der Waals surface area contributed by atoms with Crippen molar-refractivity contribution in [3.05, 3.63) is 73.1 Å². The summed E-state index contributed by atoms with van der Waals surface area (Å²) in [7, 11) is 0. The molecule has 0 bridgehead atoms. The molecule has 11 nitrogen and oxygen atoms in total. The van der Waals surface area contributed by atoms with Crippen LogP contribution in [0.25, 0.3) is 15.2 Å². The highest BCUT2D eigenvalue weighted by Crippen LogP contribution is 2.33. The monoisotopic (exact) mass is 642 g/mol. The average molecular weight is 644 g/mol. The number of nitrogens with zero attached hydrogens (tertiary/aromatic N) is 6. The van der Waals surface area contributed by atoms with Crippen LogP contribution >= 0.6 is 27.3 Å². The molecule has 13 heteroatoms. The molecule has 0 amide bonds. The molecular weight excluding hydrogens is 612 g/mol. The molecule has 1 aromatic carbocycles. The first-order valence-electron chi connectivity index (χ1n) is 13.2. The van der Waals surface area contributed by atoms with Gasteiger partial charge in [-0.2, -0.15) is 15.5 Å². The third-order valence-corrected chi connectivity index (χ3v) is 8.71. The van der Waals surface area contributed by atoms with Crippen molar-refractivity contribution in [1.29, 1.82) is 5.26 Å². The summed E-state index contributed by atoms with van der Waals surface area (Å²) >= 11 is 4.77. The van der Waals surface area contributed by atoms with Crippen molar-refractivity contribution in [3.8, 4) is 11.1 Å². The van der Waals surface area contributed by atoms with E-state index < -0.39 is 28.9 Å². The molecule has 0 spiro atoms. The normalized spacial score (nSPS) is 12.4. The van der Waals surface area contributed by atoms with Crippen molar-refractivity contribution in [1.82, 2.24) is 24.1 Å². The molecule has 3 heterocycles. The van der Waals surface area contributed by atoms with Crippen LogP contribution in [-0.2, 0) is 26.4 Å². The van der Waals surface area contributed by atoms with Crippen molar-refractivity contribution < 1.29 is 14.3 Å². The maximum Gasteiger partial charge on any atom is 0.333 e. The Hall–Kier alpha value is -3.60. The third kappa shape index (κ3) is 6.05. The first-order valence-corrected chi connectivity index (χ1v) is 14.8. The van der Waals surface area contributed by atoms with E-state index in [2.05, 4.69) is 32.2 Å². The van der Waals surface area contributed by atoms with Crippen LogP contribution < -0.4 is 11.2 Å². The van der Waals surface area contributed by atoms with Crippen molar-refractivity contribution in [2.75, 3.05) is 13.2 Å². The van der Waals surface area contributed by atoms with Crippen LogP contribution in [-0.4, -0.2) is 43.3 Å². The molecule has 3 aromatic heterocycles. The first kappa shape index (κ1) is 30.4. The summed E-state index contributed by atoms with van der Waals surface area (Å²) in [6.45, 7) is 7.09. The van der Waals surface area contributed by atoms with Gasteiger partial charge in [-0.15, -0.1) is 4.80 Å². The average Bonchev–Trinajstić information content (AvgIpc) is 3.58. The number of fused-ring (bicyclic) bond motifs is 1. The van der Waals surface area contributed by atoms with E-state index in [9.17, 15) is 14.4 Å². The summed E-state index contributed by atoms with van der Waals surface area (Å²) < 4.78 is 14.8. The number of benzene rings is 1. The van der Waals surface area contributed by atoms with Crippen LogP contribution in [0.15, 0.2) is 50.7 Å². The summed E-state index contributed by atoms with van der Waals surface area (Å²) in [5, 5.41) is 18.4. The maximum absolute atomic E-state index is 14.2. The van der Waals surface area contributed by atoms with Crippen molar-refractivity contribution >= 4 is 43.5 Å². The van der Waals surface area contributed by atoms with Gasteiger partial charge in [0.05, 0.1) is 50.0 Å². The van der Waals surface area contributed by atoms with Gasteiger partial charge < -0.3 is 9.47 Å². The van der Waals surface area contributed by atoms with Gasteiger partial charge in [-0.3, -0.25) is 9.36 Å². The Morgan fingerprint density at radius 3 is 2.56 bits per heavy atom. The number of aromatic nitrogens is 5. The van der Waals surface area contributed by atoms with Gasteiger partial charge in [-0.25, -0.2) is 14.2 Å². The molecule has 1 atom stereocenters. The molecule has 0 saturated carbocycles. The van der Waals surface area contributed by atoms with E-state index in [0.29, 0.717) is 21.8 Å². The molecule has 216 valence electrons. The predicted molar refractivity (Wildman–Crippen MR) is 158 cm³/mol. The molecule has 0 radical (unpaired) electrons. The third-order valence-electron chi connectivity index (χ3n) is 6.71. The molecule has 0 unspecified atom stereocenters. The fraction of sp³-hybridized carbons (Fsp3) is 0.429. The molecule has 4 aromatic rings. The Labute approximate surface area is 249 Å². The molecule has 4 rings (SSSR count). The second kappa shape index (κ2) is 12.9. The van der Waals surface area contributed by atoms with Crippen LogP contribution in [0.3, 0.4) is 0 Å². The minimum Gasteiger partial charge on any atom is -0.464 e. The molecular formula is C28H31BrN6O5S. The Balaban J connectivity index is 1.97. The molecule has 0 aliphatic carbocycles. The zero-order chi connectivity index (χ0) is 29.7. The van der Waals surface area contributed by atoms with E-state index in [1.54, 1.807) is 6.92 Å². The largest absolute Gasteiger partial charge is 0.464 e. The standard InChI is InChI=1S/C28H31BrN6O5S/c1-5-6-15-40-26(37)28(3,4)34-23(36)22-18(2)24(35-31-13-14-32-35)41-25(22)33(27(34)38)17-21(39-16-9-12-30)19-10-7-8-11-20(19)29/h7-8,10-11,13-14,21H,5-6,9,15-17H2,1-4H3/t21-/m0/s1. The topological polar surface area (TPSA) is 134 Å². The number of unbranched alkanes of at least 4 members (excludes halogenated alkanes) is 1. The van der Waals surface area contributed by atoms with E-state index in [-0.39, 0.29) is 31.6 Å². The summed E-state index contributed by atoms with van der Waals surface area (Å²) in [5.74, 6) is -0.675. The van der Waals surface area contributed by atoms with Gasteiger partial charge in [0.2, 0.25) is 0 Å². The Bertz CT molecular complexity index is 1700. The second-order valence-corrected chi connectivity index (χ2v) is 11.7. The van der Waals surface area contributed by atoms with Crippen LogP contribution in [0.4, 0.5) is 0 Å². The lowest BCUT2D eigenvalue weighted by atomic mass is 10.1. The number of esters is 1. The first-order chi connectivity index (χ1) is 19.6. The Morgan fingerprint density at radius 1 is 1.20 bits per heavy atom. The van der Waals surface area contributed by atoms with Crippen molar-refractivity contribution in [2.24, 2.45) is 0 Å². The fourth-order valence-electron chi connectivity index (χ4n) is 4.47. The van der Waals surface area contributed by atoms with Crippen molar-refractivity contribution in [3.63, 3.8) is 0 Å². The number of ether oxygens (including phenoxy) is 2. The number of thiophene rings is 1. The summed E-state index contributed by atoms with van der Waals surface area (Å²) in [6.07, 6.45) is 4.05. The number of hydrogen-bond acceptors (Lipinski definition) is 9. The number of aryl methyl sites for hydroxylation is 1. The summed E-state index contributed by atoms with van der Waals surface area (Å²) in [4.78, 5) is 43.3. The van der Waals surface area contributed by atoms with Gasteiger partial charge >= 0.3 is 11.7 Å². The fourth-order valence-corrected chi connectivity index (χ4v) is 6.23. The number of nitriles is 1. The molecule has 0 aliphatic rings. The Morgan fingerprint density at radius 2 is 1.90 bits per heavy atom. The van der Waals surface area contributed by atoms with Gasteiger partial charge in [0, 0.05) is 10.0 Å². The van der Waals surface area contributed by atoms with Crippen molar-refractivity contribution in [2.45, 2.75) is 65.1 Å². The Kier molecular flexibility index (Phi) is 9.57. The van der Waals surface area contributed by atoms with Gasteiger partial charge in [0.15, 0.2) is 0 Å². The molecule has 0 aliphatic heterocycles. The van der Waals surface area contributed by atoms with E-state index in [1.165, 1.54) is 46.9 Å². The highest BCUT2D eigenvalue weighted by Gasteiger charge is 2.37. The molecule has 0 saturated heterocycles. The van der Waals surface area contributed by atoms with E-state index in [1.807, 2.05) is 31.2 Å². The highest BCUT2D eigenvalue weighted by atomic mass is 79.9. The smallest absolute Gasteiger partial charge is 0.333 e. The van der Waals surface area contributed by atoms with E-state index >= 15 is 0 Å². The lowest BCUT2D eigenvalue weighted by Gasteiger charge is -2.27. The van der Waals surface area contributed by atoms with Gasteiger partial charge in [0.1, 0.15) is 21.5 Å². The molecule has 0 fully saturated rings. The highest BCUT2D eigenvalue weighted by molar-refractivity contribution is 9.10. The number of carbonyl (C=O) groups excluding carboxylic acids is 1. The quantitative estimate of drug-likeness (QED) is 0.161. The number of hydrogen-bond donors (Lipinski definition) is 0. The van der Waals surface area contributed by atoms with Crippen LogP contribution in [0.2, 0.25) is 0 Å². The van der Waals surface area contributed by atoms with Crippen LogP contribution in [0.5, 0.6) is 0 Å². The van der Waals surface area contributed by atoms with Gasteiger partial charge in [-0.05, 0) is 38.8 Å². The SMILES string of the molecule is CCCCOC(=O)C(C)(C)n1c(=O)c2c(C)c(-n3nccn3)sc2n(C[C@H](OCCC#N)c2ccccc2Br)c1=O. The van der Waals surface area contributed by atoms with Gasteiger partial charge in [0.25, 0.3) is 5.56 Å². The minimum absolute atomic E-state index is 0.0105. The maximum atomic E-state index is 14.2. The zero-order valence-corrected chi connectivity index (χ0v) is 25.7. The van der Waals surface area contributed by atoms with Crippen LogP contribution in [0, 0.1) is 18.3 Å². The minimum atomic E-state index is -1.60. The predicted octanol–water partition coefficient (Wildman–Crippen LogP) is 4.63. The second-order valence-electron chi connectivity index (χ2n) is 9.90. The number of carbonyl (C=O) groups is 1. The lowest BCUT2D eigenvalue weighted by Crippen LogP contribution is -2.53. The summed E-state index contributed by atoms with van der Waals surface area (Å²) in [6, 6.07) is 9.52. The number of halogens is 1. The molecule has 41 heavy (non-hydrogen) atoms. The van der Waals surface area contributed by atoms with Crippen LogP contribution in [0.1, 0.15) is 57.3 Å². The summed E-state index contributed by atoms with van der Waals surface area (Å²) in [5.41, 5.74) is -1.54. The van der Waals surface area contributed by atoms with Gasteiger partial charge in [-0.1, -0.05) is 58.8 Å². The lowest BCUT2D eigenvalue weighted by molar-refractivity contribution is -0.153. The number of rotatable bonds is 12. The zero-order valence-electron chi connectivity index (χ0n) is 23.3.